The van der Waals surface area contributed by atoms with E-state index in [1.54, 1.807) is 0 Å². The van der Waals surface area contributed by atoms with Gasteiger partial charge in [0.05, 0.1) is 0 Å². The van der Waals surface area contributed by atoms with Crippen LogP contribution in [0, 0.1) is 6.92 Å². The van der Waals surface area contributed by atoms with Crippen LogP contribution in [0.25, 0.3) is 0 Å². The molecule has 1 aromatic rings. The van der Waals surface area contributed by atoms with Gasteiger partial charge in [-0.05, 0) is 38.9 Å². The van der Waals surface area contributed by atoms with Gasteiger partial charge in [-0.15, -0.1) is 12.4 Å². The number of nitrogens with one attached hydrogen (secondary N) is 2. The Hall–Kier alpha value is -1.06. The Morgan fingerprint density at radius 1 is 1.17 bits per heavy atom. The Bertz CT molecular complexity index is 338. The maximum Gasteiger partial charge on any atom is 0.220 e. The number of rotatable bonds is 7. The molecule has 0 aliphatic heterocycles. The third-order valence-electron chi connectivity index (χ3n) is 2.69. The quantitative estimate of drug-likeness (QED) is 0.745. The molecule has 0 heterocycles. The van der Waals surface area contributed by atoms with Gasteiger partial charge in [0.2, 0.25) is 5.91 Å². The second-order valence-corrected chi connectivity index (χ2v) is 4.29. The van der Waals surface area contributed by atoms with Crippen molar-refractivity contribution >= 4 is 18.3 Å². The number of carbonyl (C=O) groups excluding carboxylic acids is 1. The van der Waals surface area contributed by atoms with E-state index in [9.17, 15) is 4.79 Å². The molecule has 0 unspecified atom stereocenters. The van der Waals surface area contributed by atoms with E-state index in [4.69, 9.17) is 0 Å². The van der Waals surface area contributed by atoms with E-state index in [2.05, 4.69) is 41.8 Å². The summed E-state index contributed by atoms with van der Waals surface area (Å²) in [6.45, 7) is 3.77. The topological polar surface area (TPSA) is 41.1 Å². The second-order valence-electron chi connectivity index (χ2n) is 4.29. The zero-order chi connectivity index (χ0) is 12.5. The zero-order valence-electron chi connectivity index (χ0n) is 11.2. The van der Waals surface area contributed by atoms with Crippen molar-refractivity contribution in [1.29, 1.82) is 0 Å². The lowest BCUT2D eigenvalue weighted by Gasteiger charge is -2.05. The Morgan fingerprint density at radius 3 is 2.44 bits per heavy atom. The zero-order valence-corrected chi connectivity index (χ0v) is 12.0. The number of hydrogen-bond donors (Lipinski definition) is 2. The molecule has 0 bridgehead atoms. The average molecular weight is 271 g/mol. The molecule has 0 spiro atoms. The third-order valence-corrected chi connectivity index (χ3v) is 2.69. The van der Waals surface area contributed by atoms with Crippen LogP contribution in [0.15, 0.2) is 24.3 Å². The Kier molecular flexibility index (Phi) is 9.33. The lowest BCUT2D eigenvalue weighted by Crippen LogP contribution is -2.26. The molecule has 0 fully saturated rings. The van der Waals surface area contributed by atoms with Gasteiger partial charge < -0.3 is 10.6 Å². The fourth-order valence-corrected chi connectivity index (χ4v) is 1.59. The Balaban J connectivity index is 0.00000289. The minimum absolute atomic E-state index is 0. The second kappa shape index (κ2) is 9.92. The molecule has 3 nitrogen and oxygen atoms in total. The summed E-state index contributed by atoms with van der Waals surface area (Å²) in [4.78, 5) is 11.5. The van der Waals surface area contributed by atoms with Crippen LogP contribution in [0.3, 0.4) is 0 Å². The van der Waals surface area contributed by atoms with Crippen LogP contribution in [0.1, 0.15) is 24.0 Å². The summed E-state index contributed by atoms with van der Waals surface area (Å²) in [5.74, 6) is 0.140. The molecule has 0 radical (unpaired) electrons. The first-order valence-corrected chi connectivity index (χ1v) is 6.19. The molecule has 0 aliphatic rings. The van der Waals surface area contributed by atoms with Crippen LogP contribution in [0.4, 0.5) is 0 Å². The van der Waals surface area contributed by atoms with Crippen molar-refractivity contribution in [3.8, 4) is 0 Å². The molecule has 0 saturated carbocycles. The molecule has 1 rings (SSSR count). The lowest BCUT2D eigenvalue weighted by atomic mass is 10.1. The van der Waals surface area contributed by atoms with E-state index in [1.165, 1.54) is 11.1 Å². The van der Waals surface area contributed by atoms with E-state index in [0.29, 0.717) is 6.42 Å². The maximum absolute atomic E-state index is 11.5. The predicted octanol–water partition coefficient (Wildman–Crippen LogP) is 2.08. The fourth-order valence-electron chi connectivity index (χ4n) is 1.59. The van der Waals surface area contributed by atoms with Crippen LogP contribution in [0.5, 0.6) is 0 Å². The lowest BCUT2D eigenvalue weighted by molar-refractivity contribution is -0.121. The SMILES string of the molecule is CNCCCNC(=O)CCc1ccc(C)cc1.Cl. The van der Waals surface area contributed by atoms with Crippen LogP contribution in [-0.2, 0) is 11.2 Å². The molecule has 0 saturated heterocycles. The monoisotopic (exact) mass is 270 g/mol. The van der Waals surface area contributed by atoms with Gasteiger partial charge in [-0.1, -0.05) is 29.8 Å². The number of aryl methyl sites for hydroxylation is 2. The summed E-state index contributed by atoms with van der Waals surface area (Å²) in [5, 5.41) is 5.97. The van der Waals surface area contributed by atoms with Gasteiger partial charge in [-0.3, -0.25) is 4.79 Å². The van der Waals surface area contributed by atoms with E-state index in [-0.39, 0.29) is 18.3 Å². The number of amides is 1. The average Bonchev–Trinajstić information content (AvgIpc) is 2.34. The summed E-state index contributed by atoms with van der Waals surface area (Å²) in [6.07, 6.45) is 2.37. The first kappa shape index (κ1) is 16.9. The first-order valence-electron chi connectivity index (χ1n) is 6.19. The fraction of sp³-hybridized carbons (Fsp3) is 0.500. The minimum Gasteiger partial charge on any atom is -0.356 e. The molecule has 1 amide bonds. The Labute approximate surface area is 116 Å². The first-order chi connectivity index (χ1) is 8.22. The molecular weight excluding hydrogens is 248 g/mol. The van der Waals surface area contributed by atoms with Gasteiger partial charge in [-0.25, -0.2) is 0 Å². The number of halogens is 1. The van der Waals surface area contributed by atoms with Crippen LogP contribution < -0.4 is 10.6 Å². The number of hydrogen-bond acceptors (Lipinski definition) is 2. The smallest absolute Gasteiger partial charge is 0.220 e. The van der Waals surface area contributed by atoms with E-state index in [1.807, 2.05) is 7.05 Å². The molecular formula is C14H23ClN2O. The molecule has 0 aromatic heterocycles. The molecule has 2 N–H and O–H groups in total. The molecule has 0 atom stereocenters. The molecule has 18 heavy (non-hydrogen) atoms. The summed E-state index contributed by atoms with van der Waals surface area (Å²) in [6, 6.07) is 8.34. The number of benzene rings is 1. The summed E-state index contributed by atoms with van der Waals surface area (Å²) in [7, 11) is 1.92. The highest BCUT2D eigenvalue weighted by atomic mass is 35.5. The normalized spacial score (nSPS) is 9.67. The maximum atomic E-state index is 11.5. The number of carbonyl (C=O) groups is 1. The van der Waals surface area contributed by atoms with Gasteiger partial charge >= 0.3 is 0 Å². The van der Waals surface area contributed by atoms with Crippen molar-refractivity contribution in [2.45, 2.75) is 26.2 Å². The predicted molar refractivity (Wildman–Crippen MR) is 78.3 cm³/mol. The molecule has 102 valence electrons. The third kappa shape index (κ3) is 7.30. The highest BCUT2D eigenvalue weighted by Gasteiger charge is 2.01. The van der Waals surface area contributed by atoms with Crippen molar-refractivity contribution < 1.29 is 4.79 Å². The van der Waals surface area contributed by atoms with Gasteiger partial charge in [0.1, 0.15) is 0 Å². The van der Waals surface area contributed by atoms with Crippen LogP contribution in [0.2, 0.25) is 0 Å². The molecule has 1 aromatic carbocycles. The highest BCUT2D eigenvalue weighted by molar-refractivity contribution is 5.85. The van der Waals surface area contributed by atoms with E-state index < -0.39 is 0 Å². The van der Waals surface area contributed by atoms with Gasteiger partial charge in [0.25, 0.3) is 0 Å². The Morgan fingerprint density at radius 2 is 1.83 bits per heavy atom. The van der Waals surface area contributed by atoms with Gasteiger partial charge in [0.15, 0.2) is 0 Å². The van der Waals surface area contributed by atoms with Crippen molar-refractivity contribution in [3.05, 3.63) is 35.4 Å². The van der Waals surface area contributed by atoms with Gasteiger partial charge in [-0.2, -0.15) is 0 Å². The van der Waals surface area contributed by atoms with Crippen molar-refractivity contribution in [3.63, 3.8) is 0 Å². The summed E-state index contributed by atoms with van der Waals surface area (Å²) < 4.78 is 0. The van der Waals surface area contributed by atoms with Crippen LogP contribution >= 0.6 is 12.4 Å². The molecule has 0 aliphatic carbocycles. The van der Waals surface area contributed by atoms with Crippen molar-refractivity contribution in [2.24, 2.45) is 0 Å². The highest BCUT2D eigenvalue weighted by Crippen LogP contribution is 2.05. The van der Waals surface area contributed by atoms with Crippen molar-refractivity contribution in [1.82, 2.24) is 10.6 Å². The van der Waals surface area contributed by atoms with Gasteiger partial charge in [0, 0.05) is 13.0 Å². The van der Waals surface area contributed by atoms with E-state index in [0.717, 1.165) is 25.9 Å². The van der Waals surface area contributed by atoms with Crippen molar-refractivity contribution in [2.75, 3.05) is 20.1 Å². The van der Waals surface area contributed by atoms with E-state index >= 15 is 0 Å². The summed E-state index contributed by atoms with van der Waals surface area (Å²) >= 11 is 0. The largest absolute Gasteiger partial charge is 0.356 e. The molecule has 4 heteroatoms. The van der Waals surface area contributed by atoms with Crippen LogP contribution in [-0.4, -0.2) is 26.0 Å². The standard InChI is InChI=1S/C14H22N2O.ClH/c1-12-4-6-13(7-5-12)8-9-14(17)16-11-3-10-15-2;/h4-7,15H,3,8-11H2,1-2H3,(H,16,17);1H. The summed E-state index contributed by atoms with van der Waals surface area (Å²) in [5.41, 5.74) is 2.48. The minimum atomic E-state index is 0.